The Morgan fingerprint density at radius 2 is 1.81 bits per heavy atom. The Balaban J connectivity index is 1.48. The Morgan fingerprint density at radius 3 is 2.46 bits per heavy atom. The van der Waals surface area contributed by atoms with E-state index in [1.54, 1.807) is 6.07 Å². The number of alkyl halides is 3. The van der Waals surface area contributed by atoms with Crippen molar-refractivity contribution in [2.75, 3.05) is 6.54 Å². The molecule has 3 aromatic rings. The first-order valence-corrected chi connectivity index (χ1v) is 12.8. The van der Waals surface area contributed by atoms with Gasteiger partial charge in [-0.05, 0) is 66.2 Å². The molecule has 7 nitrogen and oxygen atoms in total. The largest absolute Gasteiger partial charge is 0.435 e. The van der Waals surface area contributed by atoms with Crippen molar-refractivity contribution in [1.82, 2.24) is 14.6 Å². The summed E-state index contributed by atoms with van der Waals surface area (Å²) in [6.07, 6.45) is -1.88. The summed E-state index contributed by atoms with van der Waals surface area (Å²) in [6, 6.07) is 11.5. The normalized spacial score (nSPS) is 18.2. The van der Waals surface area contributed by atoms with Gasteiger partial charge in [0.15, 0.2) is 0 Å². The minimum Gasteiger partial charge on any atom is -0.435 e. The van der Waals surface area contributed by atoms with Crippen LogP contribution in [0.5, 0.6) is 5.75 Å². The molecule has 0 saturated carbocycles. The third kappa shape index (κ3) is 6.38. The zero-order valence-corrected chi connectivity index (χ0v) is 20.5. The van der Waals surface area contributed by atoms with Gasteiger partial charge in [0.1, 0.15) is 28.9 Å². The van der Waals surface area contributed by atoms with Crippen LogP contribution < -0.4 is 10.1 Å². The fraction of sp³-hybridized carbons (Fsp3) is 0.250. The Hall–Kier alpha value is -3.22. The van der Waals surface area contributed by atoms with E-state index in [-0.39, 0.29) is 28.8 Å². The predicted molar refractivity (Wildman–Crippen MR) is 127 cm³/mol. The number of hydrogen-bond acceptors (Lipinski definition) is 5. The lowest BCUT2D eigenvalue weighted by atomic mass is 10.1. The molecule has 1 saturated heterocycles. The summed E-state index contributed by atoms with van der Waals surface area (Å²) in [6.45, 7) is -3.54. The number of ether oxygens (including phenoxy) is 1. The van der Waals surface area contributed by atoms with Gasteiger partial charge in [0.05, 0.1) is 10.6 Å². The zero-order chi connectivity index (χ0) is 26.7. The molecule has 1 amide bonds. The maximum atomic E-state index is 14.2. The number of carbonyl (C=O) groups excluding carboxylic acids is 1. The van der Waals surface area contributed by atoms with E-state index < -0.39 is 47.1 Å². The third-order valence-corrected chi connectivity index (χ3v) is 7.71. The topological polar surface area (TPSA) is 88.6 Å². The highest BCUT2D eigenvalue weighted by molar-refractivity contribution is 7.89. The van der Waals surface area contributed by atoms with Crippen LogP contribution >= 0.6 is 11.6 Å². The van der Waals surface area contributed by atoms with Crippen molar-refractivity contribution in [2.24, 2.45) is 0 Å². The maximum Gasteiger partial charge on any atom is 0.387 e. The van der Waals surface area contributed by atoms with Gasteiger partial charge < -0.3 is 10.1 Å². The predicted octanol–water partition coefficient (Wildman–Crippen LogP) is 4.56. The Kier molecular flexibility index (Phi) is 8.00. The van der Waals surface area contributed by atoms with Crippen LogP contribution in [0.25, 0.3) is 11.3 Å². The molecule has 0 bridgehead atoms. The van der Waals surface area contributed by atoms with E-state index in [0.29, 0.717) is 16.8 Å². The molecule has 2 heterocycles. The Bertz CT molecular complexity index is 1380. The first-order chi connectivity index (χ1) is 17.5. The number of aromatic nitrogens is 1. The molecule has 2 atom stereocenters. The molecule has 0 aliphatic carbocycles. The molecule has 0 radical (unpaired) electrons. The van der Waals surface area contributed by atoms with Gasteiger partial charge in [-0.15, -0.1) is 0 Å². The first-order valence-electron chi connectivity index (χ1n) is 10.9. The number of hydrogen-bond donors (Lipinski definition) is 1. The van der Waals surface area contributed by atoms with Crippen LogP contribution in [0.1, 0.15) is 12.0 Å². The van der Waals surface area contributed by atoms with Crippen molar-refractivity contribution in [1.29, 1.82) is 0 Å². The third-order valence-electron chi connectivity index (χ3n) is 5.62. The molecule has 13 heteroatoms. The molecule has 2 aromatic carbocycles. The van der Waals surface area contributed by atoms with Crippen LogP contribution in [0.2, 0.25) is 5.15 Å². The molecule has 37 heavy (non-hydrogen) atoms. The minimum absolute atomic E-state index is 0.0314. The summed E-state index contributed by atoms with van der Waals surface area (Å²) >= 11 is 6.11. The number of nitrogens with zero attached hydrogens (tertiary/aromatic N) is 2. The van der Waals surface area contributed by atoms with Crippen molar-refractivity contribution in [3.05, 3.63) is 77.2 Å². The minimum atomic E-state index is -4.25. The van der Waals surface area contributed by atoms with E-state index in [0.717, 1.165) is 28.6 Å². The molecule has 1 N–H and O–H groups in total. The number of benzene rings is 2. The van der Waals surface area contributed by atoms with Crippen LogP contribution in [0.3, 0.4) is 0 Å². The summed E-state index contributed by atoms with van der Waals surface area (Å²) in [4.78, 5) is 16.8. The van der Waals surface area contributed by atoms with E-state index in [9.17, 15) is 30.8 Å². The smallest absolute Gasteiger partial charge is 0.387 e. The van der Waals surface area contributed by atoms with Crippen molar-refractivity contribution in [2.45, 2.75) is 36.7 Å². The number of rotatable bonds is 8. The molecule has 4 rings (SSSR count). The lowest BCUT2D eigenvalue weighted by Gasteiger charge is -2.23. The average Bonchev–Trinajstić information content (AvgIpc) is 3.25. The zero-order valence-electron chi connectivity index (χ0n) is 19.0. The highest BCUT2D eigenvalue weighted by atomic mass is 35.5. The quantitative estimate of drug-likeness (QED) is 0.324. The van der Waals surface area contributed by atoms with Crippen LogP contribution in [0, 0.1) is 5.82 Å². The van der Waals surface area contributed by atoms with Gasteiger partial charge in [-0.1, -0.05) is 11.6 Å². The molecule has 196 valence electrons. The second-order valence-electron chi connectivity index (χ2n) is 8.18. The number of halogens is 5. The number of pyridine rings is 1. The number of carbonyl (C=O) groups is 1. The number of nitrogens with one attached hydrogen (secondary N) is 1. The summed E-state index contributed by atoms with van der Waals surface area (Å²) in [5.41, 5.74) is 1.45. The monoisotopic (exact) mass is 557 g/mol. The van der Waals surface area contributed by atoms with E-state index in [2.05, 4.69) is 15.0 Å². The van der Waals surface area contributed by atoms with Crippen molar-refractivity contribution in [3.8, 4) is 17.0 Å². The van der Waals surface area contributed by atoms with Crippen molar-refractivity contribution in [3.63, 3.8) is 0 Å². The highest BCUT2D eigenvalue weighted by Gasteiger charge is 2.44. The summed E-state index contributed by atoms with van der Waals surface area (Å²) in [5, 5.41) is 2.70. The van der Waals surface area contributed by atoms with E-state index in [4.69, 9.17) is 11.6 Å². The van der Waals surface area contributed by atoms with Crippen LogP contribution in [-0.2, 0) is 21.4 Å². The van der Waals surface area contributed by atoms with E-state index in [1.165, 1.54) is 30.3 Å². The van der Waals surface area contributed by atoms with Gasteiger partial charge in [0.25, 0.3) is 0 Å². The molecule has 1 fully saturated rings. The van der Waals surface area contributed by atoms with Crippen molar-refractivity contribution >= 4 is 27.5 Å². The molecule has 2 unspecified atom stereocenters. The average molecular weight is 558 g/mol. The lowest BCUT2D eigenvalue weighted by molar-refractivity contribution is -0.124. The highest BCUT2D eigenvalue weighted by Crippen LogP contribution is 2.29. The van der Waals surface area contributed by atoms with Gasteiger partial charge in [-0.2, -0.15) is 13.1 Å². The Morgan fingerprint density at radius 1 is 1.14 bits per heavy atom. The Labute approximate surface area is 215 Å². The second kappa shape index (κ2) is 11.0. The maximum absolute atomic E-state index is 14.2. The summed E-state index contributed by atoms with van der Waals surface area (Å²) < 4.78 is 83.3. The number of amides is 1. The molecule has 0 spiro atoms. The second-order valence-corrected chi connectivity index (χ2v) is 10.5. The summed E-state index contributed by atoms with van der Waals surface area (Å²) in [5.74, 6) is -1.38. The van der Waals surface area contributed by atoms with Gasteiger partial charge in [-0.3, -0.25) is 4.79 Å². The molecular formula is C24H20ClF4N3O4S. The van der Waals surface area contributed by atoms with Gasteiger partial charge in [0, 0.05) is 25.1 Å². The van der Waals surface area contributed by atoms with E-state index >= 15 is 0 Å². The van der Waals surface area contributed by atoms with Crippen molar-refractivity contribution < 1.29 is 35.5 Å². The van der Waals surface area contributed by atoms with E-state index in [1.807, 2.05) is 0 Å². The van der Waals surface area contributed by atoms with Crippen LogP contribution in [0.4, 0.5) is 17.6 Å². The van der Waals surface area contributed by atoms with Crippen LogP contribution in [-0.4, -0.2) is 49.0 Å². The first kappa shape index (κ1) is 26.8. The van der Waals surface area contributed by atoms with Gasteiger partial charge >= 0.3 is 6.61 Å². The standard InChI is InChI=1S/C24H20ClF4N3O4S/c25-22-10-14(9-20(31-22)15-1-5-18(6-2-15)36-24(28)29)12-30-23(33)21-11-17(27)13-32(21)37(34,35)19-7-3-16(26)4-8-19/h1-10,17,21,24H,11-13H2,(H,30,33). The summed E-state index contributed by atoms with van der Waals surface area (Å²) in [7, 11) is -4.25. The molecule has 1 aliphatic rings. The van der Waals surface area contributed by atoms with Crippen LogP contribution in [0.15, 0.2) is 65.6 Å². The molecule has 1 aromatic heterocycles. The molecule has 1 aliphatic heterocycles. The van der Waals surface area contributed by atoms with Gasteiger partial charge in [0.2, 0.25) is 15.9 Å². The van der Waals surface area contributed by atoms with Gasteiger partial charge in [-0.25, -0.2) is 22.2 Å². The lowest BCUT2D eigenvalue weighted by Crippen LogP contribution is -2.45. The fourth-order valence-electron chi connectivity index (χ4n) is 3.92. The fourth-order valence-corrected chi connectivity index (χ4v) is 5.77. The SMILES string of the molecule is O=C(NCc1cc(Cl)nc(-c2ccc(OC(F)F)cc2)c1)C1CC(F)CN1S(=O)(=O)c1ccc(F)cc1. The molecular weight excluding hydrogens is 538 g/mol. The number of sulfonamides is 1.